The molecule has 1 atom stereocenters. The highest BCUT2D eigenvalue weighted by Gasteiger charge is 2.31. The fourth-order valence-corrected chi connectivity index (χ4v) is 2.84. The normalized spacial score (nSPS) is 22.7. The smallest absolute Gasteiger partial charge is 0.0755 e. The minimum Gasteiger partial charge on any atom is -0.382 e. The molecule has 1 aromatic rings. The van der Waals surface area contributed by atoms with Crippen molar-refractivity contribution in [3.8, 4) is 0 Å². The molecule has 1 N–H and O–H groups in total. The number of aryl methyl sites for hydroxylation is 1. The molecule has 0 amide bonds. The SMILES string of the molecule is Cc1ccc(NCC2CCC(C)(C)O2)c(Br)c1. The summed E-state index contributed by atoms with van der Waals surface area (Å²) in [6, 6.07) is 6.35. The van der Waals surface area contributed by atoms with Crippen LogP contribution in [0.1, 0.15) is 32.3 Å². The Morgan fingerprint density at radius 2 is 2.24 bits per heavy atom. The standard InChI is InChI=1S/C14H20BrNO/c1-10-4-5-13(12(15)8-10)16-9-11-6-7-14(2,3)17-11/h4-5,8,11,16H,6-7,9H2,1-3H3. The van der Waals surface area contributed by atoms with Crippen LogP contribution in [0.25, 0.3) is 0 Å². The quantitative estimate of drug-likeness (QED) is 0.906. The van der Waals surface area contributed by atoms with E-state index in [0.717, 1.165) is 29.5 Å². The predicted molar refractivity (Wildman–Crippen MR) is 75.6 cm³/mol. The minimum absolute atomic E-state index is 0.0524. The van der Waals surface area contributed by atoms with Gasteiger partial charge in [-0.2, -0.15) is 0 Å². The zero-order valence-electron chi connectivity index (χ0n) is 10.7. The molecule has 1 fully saturated rings. The second-order valence-electron chi connectivity index (χ2n) is 5.40. The third kappa shape index (κ3) is 3.46. The van der Waals surface area contributed by atoms with E-state index in [-0.39, 0.29) is 5.60 Å². The van der Waals surface area contributed by atoms with Gasteiger partial charge in [0.05, 0.1) is 11.7 Å². The van der Waals surface area contributed by atoms with Crippen LogP contribution in [0.5, 0.6) is 0 Å². The molecule has 3 heteroatoms. The van der Waals surface area contributed by atoms with Crippen molar-refractivity contribution in [2.45, 2.75) is 45.3 Å². The molecule has 1 aliphatic rings. The van der Waals surface area contributed by atoms with Gasteiger partial charge in [0.2, 0.25) is 0 Å². The molecule has 94 valence electrons. The molecular formula is C14H20BrNO. The van der Waals surface area contributed by atoms with Crippen LogP contribution in [0.4, 0.5) is 5.69 Å². The maximum Gasteiger partial charge on any atom is 0.0755 e. The maximum atomic E-state index is 5.96. The Morgan fingerprint density at radius 1 is 1.47 bits per heavy atom. The lowest BCUT2D eigenvalue weighted by Gasteiger charge is -2.20. The Bertz CT molecular complexity index is 403. The lowest BCUT2D eigenvalue weighted by Crippen LogP contribution is -2.24. The molecular weight excluding hydrogens is 278 g/mol. The predicted octanol–water partition coefficient (Wildman–Crippen LogP) is 4.13. The zero-order chi connectivity index (χ0) is 12.5. The summed E-state index contributed by atoms with van der Waals surface area (Å²) in [6.07, 6.45) is 2.62. The molecule has 0 bridgehead atoms. The van der Waals surface area contributed by atoms with Crippen molar-refractivity contribution in [3.63, 3.8) is 0 Å². The van der Waals surface area contributed by atoms with Crippen LogP contribution in [0, 0.1) is 6.92 Å². The first-order valence-electron chi connectivity index (χ1n) is 6.14. The molecule has 0 radical (unpaired) electrons. The fourth-order valence-electron chi connectivity index (χ4n) is 2.21. The molecule has 1 aromatic carbocycles. The number of rotatable bonds is 3. The van der Waals surface area contributed by atoms with Crippen LogP contribution in [-0.4, -0.2) is 18.2 Å². The van der Waals surface area contributed by atoms with E-state index in [4.69, 9.17) is 4.74 Å². The van der Waals surface area contributed by atoms with Gasteiger partial charge in [-0.15, -0.1) is 0 Å². The third-order valence-electron chi connectivity index (χ3n) is 3.20. The number of hydrogen-bond donors (Lipinski definition) is 1. The zero-order valence-corrected chi connectivity index (χ0v) is 12.3. The summed E-state index contributed by atoms with van der Waals surface area (Å²) in [6.45, 7) is 7.30. The molecule has 0 aromatic heterocycles. The number of hydrogen-bond acceptors (Lipinski definition) is 2. The molecule has 0 spiro atoms. The molecule has 17 heavy (non-hydrogen) atoms. The molecule has 2 rings (SSSR count). The average Bonchev–Trinajstić information content (AvgIpc) is 2.57. The summed E-state index contributed by atoms with van der Waals surface area (Å²) >= 11 is 3.58. The fraction of sp³-hybridized carbons (Fsp3) is 0.571. The number of halogens is 1. The van der Waals surface area contributed by atoms with Gasteiger partial charge in [0.15, 0.2) is 0 Å². The van der Waals surface area contributed by atoms with E-state index in [0.29, 0.717) is 6.10 Å². The lowest BCUT2D eigenvalue weighted by molar-refractivity contribution is -0.00911. The van der Waals surface area contributed by atoms with Crippen molar-refractivity contribution in [3.05, 3.63) is 28.2 Å². The lowest BCUT2D eigenvalue weighted by atomic mass is 10.1. The molecule has 1 heterocycles. The van der Waals surface area contributed by atoms with Gasteiger partial charge in [-0.1, -0.05) is 6.07 Å². The summed E-state index contributed by atoms with van der Waals surface area (Å²) in [5.41, 5.74) is 2.46. The second kappa shape index (κ2) is 4.99. The van der Waals surface area contributed by atoms with Gasteiger partial charge >= 0.3 is 0 Å². The van der Waals surface area contributed by atoms with Crippen molar-refractivity contribution in [1.29, 1.82) is 0 Å². The van der Waals surface area contributed by atoms with E-state index in [2.05, 4.69) is 60.2 Å². The van der Waals surface area contributed by atoms with Crippen LogP contribution >= 0.6 is 15.9 Å². The van der Waals surface area contributed by atoms with Crippen LogP contribution < -0.4 is 5.32 Å². The van der Waals surface area contributed by atoms with E-state index < -0.39 is 0 Å². The van der Waals surface area contributed by atoms with Crippen molar-refractivity contribution < 1.29 is 4.74 Å². The first kappa shape index (κ1) is 12.9. The van der Waals surface area contributed by atoms with Gasteiger partial charge < -0.3 is 10.1 Å². The number of anilines is 1. The Labute approximate surface area is 112 Å². The minimum atomic E-state index is 0.0524. The summed E-state index contributed by atoms with van der Waals surface area (Å²) in [7, 11) is 0. The first-order valence-corrected chi connectivity index (χ1v) is 6.93. The van der Waals surface area contributed by atoms with Crippen LogP contribution in [0.3, 0.4) is 0 Å². The average molecular weight is 298 g/mol. The van der Waals surface area contributed by atoms with E-state index in [1.807, 2.05) is 0 Å². The van der Waals surface area contributed by atoms with Crippen LogP contribution in [0.2, 0.25) is 0 Å². The van der Waals surface area contributed by atoms with Crippen molar-refractivity contribution in [2.24, 2.45) is 0 Å². The first-order chi connectivity index (χ1) is 7.96. The van der Waals surface area contributed by atoms with E-state index in [1.165, 1.54) is 5.56 Å². The molecule has 2 nitrogen and oxygen atoms in total. The van der Waals surface area contributed by atoms with Crippen LogP contribution in [0.15, 0.2) is 22.7 Å². The number of ether oxygens (including phenoxy) is 1. The molecule has 1 saturated heterocycles. The van der Waals surface area contributed by atoms with E-state index >= 15 is 0 Å². The van der Waals surface area contributed by atoms with Crippen molar-refractivity contribution in [1.82, 2.24) is 0 Å². The Hall–Kier alpha value is -0.540. The number of nitrogens with one attached hydrogen (secondary N) is 1. The van der Waals surface area contributed by atoms with E-state index in [1.54, 1.807) is 0 Å². The van der Waals surface area contributed by atoms with Crippen molar-refractivity contribution >= 4 is 21.6 Å². The van der Waals surface area contributed by atoms with E-state index in [9.17, 15) is 0 Å². The summed E-state index contributed by atoms with van der Waals surface area (Å²) < 4.78 is 7.08. The highest BCUT2D eigenvalue weighted by Crippen LogP contribution is 2.30. The van der Waals surface area contributed by atoms with Gasteiger partial charge in [-0.3, -0.25) is 0 Å². The van der Waals surface area contributed by atoms with Crippen LogP contribution in [-0.2, 0) is 4.74 Å². The van der Waals surface area contributed by atoms with Gasteiger partial charge in [0, 0.05) is 16.7 Å². The van der Waals surface area contributed by atoms with Gasteiger partial charge in [0.25, 0.3) is 0 Å². The Balaban J connectivity index is 1.90. The Kier molecular flexibility index (Phi) is 3.79. The van der Waals surface area contributed by atoms with Gasteiger partial charge in [-0.25, -0.2) is 0 Å². The molecule has 0 aliphatic carbocycles. The molecule has 0 saturated carbocycles. The monoisotopic (exact) mass is 297 g/mol. The largest absolute Gasteiger partial charge is 0.382 e. The molecule has 1 aliphatic heterocycles. The highest BCUT2D eigenvalue weighted by atomic mass is 79.9. The summed E-state index contributed by atoms with van der Waals surface area (Å²) in [5.74, 6) is 0. The third-order valence-corrected chi connectivity index (χ3v) is 3.85. The van der Waals surface area contributed by atoms with Crippen molar-refractivity contribution in [2.75, 3.05) is 11.9 Å². The summed E-state index contributed by atoms with van der Waals surface area (Å²) in [5, 5.41) is 3.45. The van der Waals surface area contributed by atoms with Gasteiger partial charge in [-0.05, 0) is 67.2 Å². The van der Waals surface area contributed by atoms with Gasteiger partial charge in [0.1, 0.15) is 0 Å². The second-order valence-corrected chi connectivity index (χ2v) is 6.26. The number of benzene rings is 1. The highest BCUT2D eigenvalue weighted by molar-refractivity contribution is 9.10. The Morgan fingerprint density at radius 3 is 2.82 bits per heavy atom. The topological polar surface area (TPSA) is 21.3 Å². The molecule has 1 unspecified atom stereocenters. The summed E-state index contributed by atoms with van der Waals surface area (Å²) in [4.78, 5) is 0. The maximum absolute atomic E-state index is 5.96.